The number of halogens is 12. The van der Waals surface area contributed by atoms with Gasteiger partial charge in [0.05, 0.1) is 72.7 Å². The molecule has 4 aromatic heterocycles. The van der Waals surface area contributed by atoms with Crippen LogP contribution in [0, 0.1) is 10.8 Å². The summed E-state index contributed by atoms with van der Waals surface area (Å²) in [5, 5.41) is 32.3. The van der Waals surface area contributed by atoms with Crippen LogP contribution in [0.2, 0.25) is 18.1 Å². The molecule has 4 aliphatic carbocycles. The van der Waals surface area contributed by atoms with E-state index < -0.39 is 80.0 Å². The molecule has 2 saturated heterocycles. The summed E-state index contributed by atoms with van der Waals surface area (Å²) >= 11 is 0. The number of aromatic nitrogens is 6. The van der Waals surface area contributed by atoms with Crippen molar-refractivity contribution >= 4 is 20.2 Å². The maximum Gasteiger partial charge on any atom is 0.416 e. The average molecular weight is 1530 g/mol. The van der Waals surface area contributed by atoms with Crippen molar-refractivity contribution in [3.05, 3.63) is 152 Å². The number of rotatable bonds is 20. The van der Waals surface area contributed by atoms with Gasteiger partial charge >= 0.3 is 12.4 Å². The molecule has 2 aromatic carbocycles. The zero-order valence-electron chi connectivity index (χ0n) is 62.6. The summed E-state index contributed by atoms with van der Waals surface area (Å²) in [6.07, 6.45) is -4.31. The first-order chi connectivity index (χ1) is 50.2. The summed E-state index contributed by atoms with van der Waals surface area (Å²) in [5.74, 6) is -5.02. The third-order valence-corrected chi connectivity index (χ3v) is 27.6. The van der Waals surface area contributed by atoms with E-state index in [4.69, 9.17) is 29.0 Å². The van der Waals surface area contributed by atoms with Crippen LogP contribution in [-0.4, -0.2) is 118 Å². The fourth-order valence-corrected chi connectivity index (χ4v) is 17.4. The summed E-state index contributed by atoms with van der Waals surface area (Å²) in [4.78, 5) is 32.3. The first-order valence-electron chi connectivity index (χ1n) is 37.7. The molecule has 27 heteroatoms. The second-order valence-corrected chi connectivity index (χ2v) is 38.2. The Balaban J connectivity index is 0.000000215. The van der Waals surface area contributed by atoms with Crippen molar-refractivity contribution in [2.45, 2.75) is 255 Å². The number of alkyl halides is 12. The van der Waals surface area contributed by atoms with E-state index in [-0.39, 0.29) is 108 Å². The number of piperidine rings is 2. The summed E-state index contributed by atoms with van der Waals surface area (Å²) in [6.45, 7) is 22.7. The Morgan fingerprint density at radius 1 is 0.505 bits per heavy atom. The van der Waals surface area contributed by atoms with E-state index in [1.54, 1.807) is 24.8 Å². The maximum atomic E-state index is 17.3. The summed E-state index contributed by atoms with van der Waals surface area (Å²) in [5.41, 5.74) is 2.36. The first-order valence-corrected chi connectivity index (χ1v) is 40.6. The molecule has 4 unspecified atom stereocenters. The Labute approximate surface area is 620 Å². The van der Waals surface area contributed by atoms with Gasteiger partial charge in [-0.1, -0.05) is 72.7 Å². The second-order valence-electron chi connectivity index (χ2n) is 33.4. The molecule has 6 aromatic rings. The summed E-state index contributed by atoms with van der Waals surface area (Å²) in [7, 11) is -1.83. The van der Waals surface area contributed by atoms with Crippen molar-refractivity contribution in [2.24, 2.45) is 10.8 Å². The van der Waals surface area contributed by atoms with Gasteiger partial charge in [0.15, 0.2) is 32.2 Å². The Bertz CT molecular complexity index is 3960. The zero-order valence-corrected chi connectivity index (χ0v) is 63.6. The van der Waals surface area contributed by atoms with Crippen LogP contribution in [0.25, 0.3) is 0 Å². The second kappa shape index (κ2) is 32.3. The molecule has 4 fully saturated rings. The van der Waals surface area contributed by atoms with Crippen LogP contribution in [0.15, 0.2) is 73.3 Å². The number of fused-ring (bicyclic) bond motifs is 2. The van der Waals surface area contributed by atoms with E-state index in [2.05, 4.69) is 53.8 Å². The maximum absolute atomic E-state index is 17.3. The van der Waals surface area contributed by atoms with Crippen LogP contribution in [0.4, 0.5) is 64.6 Å². The lowest BCUT2D eigenvalue weighted by atomic mass is 9.68. The summed E-state index contributed by atoms with van der Waals surface area (Å²) < 4.78 is 191. The average Bonchev–Trinajstić information content (AvgIpc) is 0.735. The van der Waals surface area contributed by atoms with Gasteiger partial charge < -0.3 is 39.0 Å². The highest BCUT2D eigenvalue weighted by molar-refractivity contribution is 6.74. The minimum atomic E-state index is -4.59. The van der Waals surface area contributed by atoms with Crippen molar-refractivity contribution in [3.63, 3.8) is 0 Å². The summed E-state index contributed by atoms with van der Waals surface area (Å²) in [6, 6.07) is 7.99. The molecule has 14 nitrogen and oxygen atoms in total. The highest BCUT2D eigenvalue weighted by atomic mass is 28.4. The molecular formula is C80H102F12N8O6Si. The number of hydrogen-bond acceptors (Lipinski definition) is 14. The number of nitrogens with zero attached hydrogens (tertiary/aromatic N) is 8. The number of pyridine rings is 2. The molecule has 0 bridgehead atoms. The standard InChI is InChI=1S/C43H58F6N4O3Si.C37H44F6N4O3/c1-40(2,3)57(6,7)56-22-8-21-55-31-25-50-39(51-26-31)53-19-15-29(16-20-53)38-36(37(44)28-9-11-30(12-10-28)43(47,48)49)34(27-13-17-42(45,46)18-14-27)35-32(52-38)23-41(4,5)24-33(35)54;1-35(2)18-27-30(28(49)19-35)29(22-8-12-36(39,40)13-9-22)31(32(38)23-4-6-25(7-5-23)37(41,42)43)33(46-27)24-10-14-47(15-11-24)34-44-20-26(21-45-34)50-17-3-16-48/h9-12,25-27,29,33,37,54H,8,13-24H2,1-7H3;4-7,20-22,24,28,32,48-49H,3,8-19H2,1-2H3. The Hall–Kier alpha value is -6.68. The van der Waals surface area contributed by atoms with Crippen molar-refractivity contribution in [1.82, 2.24) is 29.9 Å². The van der Waals surface area contributed by atoms with Gasteiger partial charge in [-0.05, 0) is 164 Å². The first kappa shape index (κ1) is 81.3. The van der Waals surface area contributed by atoms with Crippen molar-refractivity contribution in [2.75, 3.05) is 62.4 Å². The van der Waals surface area contributed by atoms with Crippen LogP contribution in [0.5, 0.6) is 11.5 Å². The predicted octanol–water partition coefficient (Wildman–Crippen LogP) is 19.8. The smallest absolute Gasteiger partial charge is 0.416 e. The topological polar surface area (TPSA) is 172 Å². The Kier molecular flexibility index (Phi) is 24.6. The SMILES string of the molecule is CC1(C)Cc2nc(C3CCN(c4ncc(OCCCO)cn4)CC3)c(C(F)c3ccc(C(F)(F)F)cc3)c(C3CCC(F)(F)CC3)c2C(O)C1.CC1(C)Cc2nc(C3CCN(c4ncc(OCCCO[Si](C)(C)C(C)(C)C)cn4)CC3)c(C(F)c3ccc(C(F)(F)F)cc3)c(C3CCC(F)(F)CC3)c2C(O)C1. The molecule has 6 aliphatic rings. The van der Waals surface area contributed by atoms with Gasteiger partial charge in [-0.3, -0.25) is 9.97 Å². The molecule has 0 amide bonds. The van der Waals surface area contributed by atoms with Gasteiger partial charge in [-0.25, -0.2) is 46.3 Å². The number of anilines is 2. The van der Waals surface area contributed by atoms with Gasteiger partial charge in [0.2, 0.25) is 23.7 Å². The van der Waals surface area contributed by atoms with Crippen LogP contribution < -0.4 is 19.3 Å². The molecule has 2 aliphatic heterocycles. The minimum absolute atomic E-state index is 0.0125. The van der Waals surface area contributed by atoms with Gasteiger partial charge in [-0.15, -0.1) is 0 Å². The highest BCUT2D eigenvalue weighted by Crippen LogP contribution is 2.56. The molecular weight excluding hydrogens is 1420 g/mol. The Morgan fingerprint density at radius 2 is 0.850 bits per heavy atom. The molecule has 0 radical (unpaired) electrons. The number of hydrogen-bond donors (Lipinski definition) is 3. The molecule has 6 heterocycles. The van der Waals surface area contributed by atoms with Gasteiger partial charge in [-0.2, -0.15) is 26.3 Å². The van der Waals surface area contributed by atoms with Crippen LogP contribution in [0.3, 0.4) is 0 Å². The van der Waals surface area contributed by atoms with E-state index >= 15 is 8.78 Å². The van der Waals surface area contributed by atoms with Gasteiger partial charge in [0.1, 0.15) is 0 Å². The van der Waals surface area contributed by atoms with Crippen molar-refractivity contribution in [1.29, 1.82) is 0 Å². The molecule has 3 N–H and O–H groups in total. The van der Waals surface area contributed by atoms with E-state index in [0.29, 0.717) is 172 Å². The van der Waals surface area contributed by atoms with Crippen LogP contribution >= 0.6 is 0 Å². The third-order valence-electron chi connectivity index (χ3n) is 23.1. The fraction of sp³-hybridized carbons (Fsp3) is 0.625. The van der Waals surface area contributed by atoms with Crippen LogP contribution in [0.1, 0.15) is 278 Å². The number of aliphatic hydroxyl groups excluding tert-OH is 3. The number of benzene rings is 2. The molecule has 12 rings (SSSR count). The number of ether oxygens (including phenoxy) is 2. The van der Waals surface area contributed by atoms with E-state index in [1.165, 1.54) is 0 Å². The lowest BCUT2D eigenvalue weighted by Crippen LogP contribution is -2.41. The highest BCUT2D eigenvalue weighted by Gasteiger charge is 2.47. The normalized spacial score (nSPS) is 21.6. The van der Waals surface area contributed by atoms with E-state index in [9.17, 15) is 54.1 Å². The van der Waals surface area contributed by atoms with Crippen LogP contribution in [-0.2, 0) is 29.6 Å². The Morgan fingerprint density at radius 3 is 1.18 bits per heavy atom. The quantitative estimate of drug-likeness (QED) is 0.0374. The lowest BCUT2D eigenvalue weighted by Gasteiger charge is -2.41. The van der Waals surface area contributed by atoms with E-state index in [0.717, 1.165) is 55.0 Å². The molecule has 0 spiro atoms. The molecule has 4 atom stereocenters. The molecule has 2 saturated carbocycles. The monoisotopic (exact) mass is 1530 g/mol. The van der Waals surface area contributed by atoms with Crippen molar-refractivity contribution in [3.8, 4) is 11.5 Å². The van der Waals surface area contributed by atoms with Crippen molar-refractivity contribution < 1.29 is 81.9 Å². The zero-order chi connectivity index (χ0) is 77.4. The largest absolute Gasteiger partial charge is 0.490 e. The molecule has 107 heavy (non-hydrogen) atoms. The van der Waals surface area contributed by atoms with Gasteiger partial charge in [0.25, 0.3) is 0 Å². The predicted molar refractivity (Wildman–Crippen MR) is 387 cm³/mol. The third kappa shape index (κ3) is 19.4. The fourth-order valence-electron chi connectivity index (χ4n) is 16.3. The van der Waals surface area contributed by atoms with Gasteiger partial charge in [0, 0.05) is 123 Å². The molecule has 586 valence electrons. The van der Waals surface area contributed by atoms with E-state index in [1.807, 2.05) is 37.5 Å². The minimum Gasteiger partial charge on any atom is -0.490 e. The number of aliphatic hydroxyl groups is 3. The lowest BCUT2D eigenvalue weighted by molar-refractivity contribution is -0.138.